The molecule has 0 amide bonds. The van der Waals surface area contributed by atoms with Gasteiger partial charge in [0.05, 0.1) is 12.8 Å². The third kappa shape index (κ3) is 5.20. The van der Waals surface area contributed by atoms with Gasteiger partial charge in [-0.05, 0) is 19.1 Å². The van der Waals surface area contributed by atoms with Gasteiger partial charge in [0.2, 0.25) is 0 Å². The summed E-state index contributed by atoms with van der Waals surface area (Å²) in [6.07, 6.45) is -0.835. The zero-order chi connectivity index (χ0) is 14.3. The smallest absolute Gasteiger partial charge is 0.336 e. The van der Waals surface area contributed by atoms with E-state index in [9.17, 15) is 4.79 Å². The van der Waals surface area contributed by atoms with Crippen LogP contribution >= 0.6 is 0 Å². The largest absolute Gasteiger partial charge is 0.497 e. The Morgan fingerprint density at radius 1 is 1.42 bits per heavy atom. The number of esters is 1. The van der Waals surface area contributed by atoms with Crippen molar-refractivity contribution in [1.82, 2.24) is 0 Å². The maximum absolute atomic E-state index is 11.2. The van der Waals surface area contributed by atoms with Crippen LogP contribution in [-0.4, -0.2) is 19.4 Å². The second-order valence-electron chi connectivity index (χ2n) is 3.74. The highest BCUT2D eigenvalue weighted by molar-refractivity contribution is 5.86. The Labute approximate surface area is 111 Å². The minimum Gasteiger partial charge on any atom is -0.497 e. The highest BCUT2D eigenvalue weighted by Gasteiger charge is 2.10. The lowest BCUT2D eigenvalue weighted by molar-refractivity contribution is -0.171. The van der Waals surface area contributed by atoms with Gasteiger partial charge in [0, 0.05) is 23.8 Å². The molecule has 1 aromatic carbocycles. The number of carbonyl (C=O) groups is 1. The summed E-state index contributed by atoms with van der Waals surface area (Å²) in [5, 5.41) is 7.31. The maximum Gasteiger partial charge on any atom is 0.336 e. The topological polar surface area (TPSA) is 69.5 Å². The van der Waals surface area contributed by atoms with Crippen molar-refractivity contribution in [2.24, 2.45) is 10.4 Å². The van der Waals surface area contributed by atoms with E-state index in [0.29, 0.717) is 17.0 Å². The van der Waals surface area contributed by atoms with Gasteiger partial charge in [0.25, 0.3) is 6.29 Å². The number of ether oxygens (including phenoxy) is 2. The van der Waals surface area contributed by atoms with Crippen LogP contribution in [0.1, 0.15) is 13.8 Å². The lowest BCUT2D eigenvalue weighted by Gasteiger charge is -2.09. The van der Waals surface area contributed by atoms with Gasteiger partial charge >= 0.3 is 5.97 Å². The zero-order valence-electron chi connectivity index (χ0n) is 11.1. The number of hydrogen-bond donors (Lipinski definition) is 0. The van der Waals surface area contributed by atoms with Crippen molar-refractivity contribution in [3.63, 3.8) is 0 Å². The number of methoxy groups -OCH3 is 1. The molecule has 1 atom stereocenters. The van der Waals surface area contributed by atoms with Gasteiger partial charge in [-0.1, -0.05) is 12.6 Å². The third-order valence-corrected chi connectivity index (χ3v) is 2.03. The molecule has 0 aliphatic rings. The van der Waals surface area contributed by atoms with Crippen LogP contribution in [0.5, 0.6) is 5.75 Å². The summed E-state index contributed by atoms with van der Waals surface area (Å²) in [6.45, 7) is 6.54. The van der Waals surface area contributed by atoms with E-state index in [-0.39, 0.29) is 0 Å². The van der Waals surface area contributed by atoms with Gasteiger partial charge in [-0.3, -0.25) is 0 Å². The lowest BCUT2D eigenvalue weighted by Crippen LogP contribution is -2.16. The van der Waals surface area contributed by atoms with Crippen LogP contribution < -0.4 is 4.74 Å². The van der Waals surface area contributed by atoms with Gasteiger partial charge in [-0.15, -0.1) is 5.11 Å². The molecule has 0 radical (unpaired) electrons. The zero-order valence-corrected chi connectivity index (χ0v) is 11.1. The fraction of sp³-hybridized carbons (Fsp3) is 0.308. The molecule has 0 aromatic heterocycles. The highest BCUT2D eigenvalue weighted by Crippen LogP contribution is 2.19. The molecule has 1 rings (SSSR count). The Balaban J connectivity index is 2.48. The van der Waals surface area contributed by atoms with Crippen LogP contribution in [0.25, 0.3) is 0 Å². The summed E-state index contributed by atoms with van der Waals surface area (Å²) in [5.41, 5.74) is 0.859. The fourth-order valence-corrected chi connectivity index (χ4v) is 1.08. The first-order chi connectivity index (χ1) is 9.02. The molecule has 0 fully saturated rings. The maximum atomic E-state index is 11.2. The molecule has 0 aliphatic carbocycles. The molecule has 1 aromatic rings. The molecule has 102 valence electrons. The number of benzene rings is 1. The van der Waals surface area contributed by atoms with E-state index in [4.69, 9.17) is 14.3 Å². The van der Waals surface area contributed by atoms with Crippen molar-refractivity contribution in [2.45, 2.75) is 20.1 Å². The molecule has 1 unspecified atom stereocenters. The summed E-state index contributed by atoms with van der Waals surface area (Å²) in [4.78, 5) is 16.1. The average Bonchev–Trinajstić information content (AvgIpc) is 2.38. The molecule has 6 nitrogen and oxygen atoms in total. The van der Waals surface area contributed by atoms with Gasteiger partial charge in [-0.2, -0.15) is 0 Å². The molecule has 0 saturated carbocycles. The number of carbonyl (C=O) groups excluding carboxylic acids is 1. The summed E-state index contributed by atoms with van der Waals surface area (Å²) in [5.74, 6) is 0.127. The van der Waals surface area contributed by atoms with Gasteiger partial charge in [0.1, 0.15) is 5.75 Å². The molecule has 19 heavy (non-hydrogen) atoms. The van der Waals surface area contributed by atoms with E-state index < -0.39 is 12.3 Å². The van der Waals surface area contributed by atoms with E-state index in [1.807, 2.05) is 0 Å². The monoisotopic (exact) mass is 264 g/mol. The number of rotatable bonds is 6. The molecule has 0 spiro atoms. The van der Waals surface area contributed by atoms with Crippen molar-refractivity contribution >= 4 is 11.7 Å². The number of nitrogens with zero attached hydrogens (tertiary/aromatic N) is 2. The van der Waals surface area contributed by atoms with E-state index in [1.54, 1.807) is 38.3 Å². The molecule has 0 saturated heterocycles. The minimum absolute atomic E-state index is 0.292. The molecular weight excluding hydrogens is 248 g/mol. The highest BCUT2D eigenvalue weighted by atomic mass is 16.8. The normalized spacial score (nSPS) is 11.9. The lowest BCUT2D eigenvalue weighted by atomic mass is 10.3. The van der Waals surface area contributed by atoms with Crippen LogP contribution in [0.4, 0.5) is 5.69 Å². The average molecular weight is 264 g/mol. The van der Waals surface area contributed by atoms with Crippen molar-refractivity contribution in [1.29, 1.82) is 0 Å². The Kier molecular flexibility index (Phi) is 5.53. The molecule has 6 heteroatoms. The predicted octanol–water partition coefficient (Wildman–Crippen LogP) is 3.18. The Hall–Kier alpha value is -2.37. The number of hydrogen-bond acceptors (Lipinski definition) is 6. The molecule has 0 bridgehead atoms. The Morgan fingerprint density at radius 3 is 2.79 bits per heavy atom. The van der Waals surface area contributed by atoms with Gasteiger partial charge < -0.3 is 14.3 Å². The van der Waals surface area contributed by atoms with Crippen LogP contribution in [0, 0.1) is 0 Å². The van der Waals surface area contributed by atoms with E-state index in [1.165, 1.54) is 6.92 Å². The van der Waals surface area contributed by atoms with Gasteiger partial charge in [0.15, 0.2) is 0 Å². The first-order valence-corrected chi connectivity index (χ1v) is 5.60. The van der Waals surface area contributed by atoms with Crippen LogP contribution in [0.2, 0.25) is 0 Å². The van der Waals surface area contributed by atoms with Crippen LogP contribution in [-0.2, 0) is 14.4 Å². The standard InChI is InChI=1S/C13H16N2O4/c1-9(2)13(16)18-10(3)19-15-14-11-6-5-7-12(8-11)17-4/h5-8,10H,1H2,2-4H3. The molecule has 0 aliphatic heterocycles. The van der Waals surface area contributed by atoms with Crippen molar-refractivity contribution < 1.29 is 19.1 Å². The van der Waals surface area contributed by atoms with Crippen molar-refractivity contribution in [3.05, 3.63) is 36.4 Å². The predicted molar refractivity (Wildman–Crippen MR) is 69.0 cm³/mol. The van der Waals surface area contributed by atoms with E-state index >= 15 is 0 Å². The van der Waals surface area contributed by atoms with Crippen LogP contribution in [0.3, 0.4) is 0 Å². The summed E-state index contributed by atoms with van der Waals surface area (Å²) in [6, 6.07) is 6.99. The summed E-state index contributed by atoms with van der Waals surface area (Å²) < 4.78 is 9.90. The van der Waals surface area contributed by atoms with E-state index in [2.05, 4.69) is 17.0 Å². The minimum atomic E-state index is -0.835. The Bertz CT molecular complexity index is 485. The quantitative estimate of drug-likeness (QED) is 0.260. The molecular formula is C13H16N2O4. The van der Waals surface area contributed by atoms with Crippen molar-refractivity contribution in [2.75, 3.05) is 7.11 Å². The van der Waals surface area contributed by atoms with Crippen molar-refractivity contribution in [3.8, 4) is 5.75 Å². The second-order valence-corrected chi connectivity index (χ2v) is 3.74. The Morgan fingerprint density at radius 2 is 2.16 bits per heavy atom. The summed E-state index contributed by atoms with van der Waals surface area (Å²) >= 11 is 0. The fourth-order valence-electron chi connectivity index (χ4n) is 1.08. The SMILES string of the molecule is C=C(C)C(=O)OC(C)ON=Nc1cccc(OC)c1. The van der Waals surface area contributed by atoms with E-state index in [0.717, 1.165) is 0 Å². The third-order valence-electron chi connectivity index (χ3n) is 2.03. The first kappa shape index (κ1) is 14.7. The van der Waals surface area contributed by atoms with Crippen LogP contribution in [0.15, 0.2) is 46.8 Å². The molecule has 0 heterocycles. The van der Waals surface area contributed by atoms with Gasteiger partial charge in [-0.25, -0.2) is 4.79 Å². The second kappa shape index (κ2) is 7.15. The molecule has 0 N–H and O–H groups in total. The summed E-state index contributed by atoms with van der Waals surface area (Å²) in [7, 11) is 1.56. The first-order valence-electron chi connectivity index (χ1n) is 5.60.